The number of ether oxygens (including phenoxy) is 1. The molecule has 1 aromatic heterocycles. The summed E-state index contributed by atoms with van der Waals surface area (Å²) in [6.07, 6.45) is 2.86. The number of aryl methyl sites for hydroxylation is 1. The van der Waals surface area contributed by atoms with Gasteiger partial charge in [-0.1, -0.05) is 12.1 Å². The van der Waals surface area contributed by atoms with E-state index in [1.54, 1.807) is 24.3 Å². The number of carbonyl (C=O) groups is 2. The highest BCUT2D eigenvalue weighted by molar-refractivity contribution is 5.88. The van der Waals surface area contributed by atoms with Crippen LogP contribution in [0.25, 0.3) is 11.3 Å². The van der Waals surface area contributed by atoms with Crippen LogP contribution < -0.4 is 0 Å². The summed E-state index contributed by atoms with van der Waals surface area (Å²) in [6, 6.07) is 8.40. The van der Waals surface area contributed by atoms with Crippen LogP contribution in [0.3, 0.4) is 0 Å². The van der Waals surface area contributed by atoms with E-state index >= 15 is 0 Å². The van der Waals surface area contributed by atoms with Gasteiger partial charge < -0.3 is 14.7 Å². The zero-order valence-electron chi connectivity index (χ0n) is 15.5. The van der Waals surface area contributed by atoms with Gasteiger partial charge in [0, 0.05) is 19.2 Å². The Kier molecular flexibility index (Phi) is 5.81. The fourth-order valence-electron chi connectivity index (χ4n) is 3.44. The SMILES string of the molecule is COCC(=O)N1CCCC[C@@H]1c1cc(-c2ccc(C(=O)O)cc2)nc(C)n1. The summed E-state index contributed by atoms with van der Waals surface area (Å²) >= 11 is 0. The van der Waals surface area contributed by atoms with E-state index in [-0.39, 0.29) is 24.1 Å². The van der Waals surface area contributed by atoms with E-state index in [2.05, 4.69) is 9.97 Å². The van der Waals surface area contributed by atoms with Crippen LogP contribution in [0.15, 0.2) is 30.3 Å². The van der Waals surface area contributed by atoms with Crippen molar-refractivity contribution in [1.82, 2.24) is 14.9 Å². The van der Waals surface area contributed by atoms with Crippen molar-refractivity contribution in [2.75, 3.05) is 20.3 Å². The largest absolute Gasteiger partial charge is 0.478 e. The first-order chi connectivity index (χ1) is 13.0. The van der Waals surface area contributed by atoms with Crippen molar-refractivity contribution in [3.05, 3.63) is 47.4 Å². The molecule has 27 heavy (non-hydrogen) atoms. The average molecular weight is 369 g/mol. The van der Waals surface area contributed by atoms with E-state index in [9.17, 15) is 9.59 Å². The lowest BCUT2D eigenvalue weighted by Crippen LogP contribution is -2.40. The van der Waals surface area contributed by atoms with E-state index in [0.29, 0.717) is 12.4 Å². The number of benzene rings is 1. The van der Waals surface area contributed by atoms with Gasteiger partial charge >= 0.3 is 5.97 Å². The summed E-state index contributed by atoms with van der Waals surface area (Å²) in [5.74, 6) is -0.379. The molecule has 7 nitrogen and oxygen atoms in total. The molecule has 1 aromatic carbocycles. The Bertz CT molecular complexity index is 836. The van der Waals surface area contributed by atoms with Gasteiger partial charge in [0.15, 0.2) is 0 Å². The summed E-state index contributed by atoms with van der Waals surface area (Å²) in [7, 11) is 1.52. The highest BCUT2D eigenvalue weighted by Crippen LogP contribution is 2.31. The molecule has 0 saturated carbocycles. The van der Waals surface area contributed by atoms with E-state index in [4.69, 9.17) is 9.84 Å². The van der Waals surface area contributed by atoms with Crippen molar-refractivity contribution < 1.29 is 19.4 Å². The average Bonchev–Trinajstić information content (AvgIpc) is 2.68. The zero-order valence-corrected chi connectivity index (χ0v) is 15.5. The Labute approximate surface area is 158 Å². The van der Waals surface area contributed by atoms with Gasteiger partial charge in [0.05, 0.1) is 23.0 Å². The zero-order chi connectivity index (χ0) is 19.4. The van der Waals surface area contributed by atoms with Crippen LogP contribution in [-0.4, -0.2) is 52.1 Å². The lowest BCUT2D eigenvalue weighted by Gasteiger charge is -2.35. The van der Waals surface area contributed by atoms with Gasteiger partial charge in [-0.05, 0) is 44.4 Å². The summed E-state index contributed by atoms with van der Waals surface area (Å²) in [5.41, 5.74) is 2.58. The minimum atomic E-state index is -0.962. The predicted molar refractivity (Wildman–Crippen MR) is 99.3 cm³/mol. The van der Waals surface area contributed by atoms with E-state index in [0.717, 1.165) is 36.2 Å². The van der Waals surface area contributed by atoms with E-state index in [1.165, 1.54) is 7.11 Å². The Morgan fingerprint density at radius 2 is 1.96 bits per heavy atom. The third-order valence-electron chi connectivity index (χ3n) is 4.72. The molecular formula is C20H23N3O4. The van der Waals surface area contributed by atoms with Gasteiger partial charge in [0.25, 0.3) is 0 Å². The minimum absolute atomic E-state index is 0.0363. The quantitative estimate of drug-likeness (QED) is 0.871. The van der Waals surface area contributed by atoms with Gasteiger partial charge in [-0.3, -0.25) is 4.79 Å². The smallest absolute Gasteiger partial charge is 0.335 e. The highest BCUT2D eigenvalue weighted by Gasteiger charge is 2.29. The Morgan fingerprint density at radius 3 is 2.63 bits per heavy atom. The number of likely N-dealkylation sites (tertiary alicyclic amines) is 1. The lowest BCUT2D eigenvalue weighted by molar-refractivity contribution is -0.139. The van der Waals surface area contributed by atoms with Crippen molar-refractivity contribution in [1.29, 1.82) is 0 Å². The van der Waals surface area contributed by atoms with Crippen molar-refractivity contribution >= 4 is 11.9 Å². The molecule has 1 fully saturated rings. The Hall–Kier alpha value is -2.80. The molecule has 2 heterocycles. The molecule has 0 aliphatic carbocycles. The first-order valence-corrected chi connectivity index (χ1v) is 8.97. The van der Waals surface area contributed by atoms with Crippen LogP contribution in [0.4, 0.5) is 0 Å². The summed E-state index contributed by atoms with van der Waals surface area (Å²) < 4.78 is 5.02. The van der Waals surface area contributed by atoms with E-state index in [1.807, 2.05) is 17.9 Å². The molecule has 7 heteroatoms. The molecule has 3 rings (SSSR count). The maximum Gasteiger partial charge on any atom is 0.335 e. The van der Waals surface area contributed by atoms with Crippen molar-refractivity contribution in [3.8, 4) is 11.3 Å². The van der Waals surface area contributed by atoms with Gasteiger partial charge in [-0.15, -0.1) is 0 Å². The van der Waals surface area contributed by atoms with E-state index < -0.39 is 5.97 Å². The maximum absolute atomic E-state index is 12.4. The summed E-state index contributed by atoms with van der Waals surface area (Å²) in [4.78, 5) is 34.4. The number of aromatic nitrogens is 2. The van der Waals surface area contributed by atoms with Gasteiger partial charge in [-0.2, -0.15) is 0 Å². The fraction of sp³-hybridized carbons (Fsp3) is 0.400. The minimum Gasteiger partial charge on any atom is -0.478 e. The number of carboxylic acids is 1. The lowest BCUT2D eigenvalue weighted by atomic mass is 9.97. The molecule has 0 radical (unpaired) electrons. The number of amides is 1. The third kappa shape index (κ3) is 4.31. The van der Waals surface area contributed by atoms with Crippen LogP contribution in [-0.2, 0) is 9.53 Å². The molecule has 0 bridgehead atoms. The first kappa shape index (κ1) is 19.0. The number of aromatic carboxylic acids is 1. The molecule has 1 saturated heterocycles. The molecule has 1 amide bonds. The predicted octanol–water partition coefficient (Wildman–Crippen LogP) is 2.85. The monoisotopic (exact) mass is 369 g/mol. The number of carbonyl (C=O) groups excluding carboxylic acids is 1. The maximum atomic E-state index is 12.4. The van der Waals surface area contributed by atoms with Gasteiger partial charge in [0.1, 0.15) is 12.4 Å². The third-order valence-corrected chi connectivity index (χ3v) is 4.72. The molecule has 0 unspecified atom stereocenters. The number of rotatable bonds is 5. The molecule has 1 atom stereocenters. The second-order valence-electron chi connectivity index (χ2n) is 6.64. The number of nitrogens with zero attached hydrogens (tertiary/aromatic N) is 3. The Morgan fingerprint density at radius 1 is 1.22 bits per heavy atom. The normalized spacial score (nSPS) is 17.0. The molecular weight excluding hydrogens is 346 g/mol. The standard InChI is InChI=1S/C20H23N3O4/c1-13-21-16(14-6-8-15(9-7-14)20(25)26)11-17(22-13)18-5-3-4-10-23(18)19(24)12-27-2/h6-9,11,18H,3-5,10,12H2,1-2H3,(H,25,26)/t18-/m1/s1. The molecule has 1 N–H and O–H groups in total. The highest BCUT2D eigenvalue weighted by atomic mass is 16.5. The molecule has 0 spiro atoms. The first-order valence-electron chi connectivity index (χ1n) is 8.97. The molecule has 2 aromatic rings. The van der Waals surface area contributed by atoms with Gasteiger partial charge in [-0.25, -0.2) is 14.8 Å². The summed E-state index contributed by atoms with van der Waals surface area (Å²) in [5, 5.41) is 9.06. The van der Waals surface area contributed by atoms with Crippen LogP contribution in [0.5, 0.6) is 0 Å². The fourth-order valence-corrected chi connectivity index (χ4v) is 3.44. The van der Waals surface area contributed by atoms with Gasteiger partial charge in [0.2, 0.25) is 5.91 Å². The number of carboxylic acid groups (broad SMARTS) is 1. The topological polar surface area (TPSA) is 92.6 Å². The van der Waals surface area contributed by atoms with Crippen molar-refractivity contribution in [2.45, 2.75) is 32.2 Å². The van der Waals surface area contributed by atoms with Crippen molar-refractivity contribution in [2.24, 2.45) is 0 Å². The molecule has 142 valence electrons. The molecule has 1 aliphatic rings. The number of hydrogen-bond donors (Lipinski definition) is 1. The Balaban J connectivity index is 1.94. The second kappa shape index (κ2) is 8.26. The number of methoxy groups -OCH3 is 1. The second-order valence-corrected chi connectivity index (χ2v) is 6.64. The van der Waals surface area contributed by atoms with Crippen LogP contribution in [0.2, 0.25) is 0 Å². The number of piperidine rings is 1. The molecule has 1 aliphatic heterocycles. The summed E-state index contributed by atoms with van der Waals surface area (Å²) in [6.45, 7) is 2.57. The van der Waals surface area contributed by atoms with Crippen LogP contribution >= 0.6 is 0 Å². The number of hydrogen-bond acceptors (Lipinski definition) is 5. The van der Waals surface area contributed by atoms with Crippen LogP contribution in [0.1, 0.15) is 47.2 Å². The van der Waals surface area contributed by atoms with Crippen LogP contribution in [0, 0.1) is 6.92 Å². The van der Waals surface area contributed by atoms with Crippen molar-refractivity contribution in [3.63, 3.8) is 0 Å².